The zero-order chi connectivity index (χ0) is 27.7. The number of urea groups is 1. The number of carbonyl (C=O) groups excluding carboxylic acids is 3. The molecule has 2 N–H and O–H groups in total. The summed E-state index contributed by atoms with van der Waals surface area (Å²) in [7, 11) is 2.56. The number of carbonyl (C=O) groups is 3. The summed E-state index contributed by atoms with van der Waals surface area (Å²) in [5, 5.41) is 13.5. The van der Waals surface area contributed by atoms with Gasteiger partial charge in [0.15, 0.2) is 5.66 Å². The van der Waals surface area contributed by atoms with Gasteiger partial charge in [0.2, 0.25) is 5.70 Å². The predicted octanol–water partition coefficient (Wildman–Crippen LogP) is 1.86. The van der Waals surface area contributed by atoms with Gasteiger partial charge in [-0.2, -0.15) is 9.48 Å². The number of amidine groups is 1. The Morgan fingerprint density at radius 1 is 1.05 bits per heavy atom. The van der Waals surface area contributed by atoms with Gasteiger partial charge in [0, 0.05) is 18.7 Å². The Morgan fingerprint density at radius 2 is 1.72 bits per heavy atom. The van der Waals surface area contributed by atoms with Crippen LogP contribution in [-0.2, 0) is 31.0 Å². The number of aliphatic hydroxyl groups excluding tert-OH is 1. The number of nitrogens with one attached hydrogen (secondary N) is 1. The Labute approximate surface area is 226 Å². The van der Waals surface area contributed by atoms with Crippen molar-refractivity contribution in [2.75, 3.05) is 25.7 Å². The quantitative estimate of drug-likeness (QED) is 0.448. The van der Waals surface area contributed by atoms with Crippen LogP contribution in [0.15, 0.2) is 65.9 Å². The highest BCUT2D eigenvalue weighted by molar-refractivity contribution is 6.13. The van der Waals surface area contributed by atoms with Gasteiger partial charge in [-0.05, 0) is 31.0 Å². The number of benzene rings is 2. The van der Waals surface area contributed by atoms with Crippen LogP contribution in [0.5, 0.6) is 0 Å². The minimum absolute atomic E-state index is 0.0134. The molecular weight excluding hydrogens is 500 g/mol. The fourth-order valence-corrected chi connectivity index (χ4v) is 7.03. The van der Waals surface area contributed by atoms with E-state index in [1.165, 1.54) is 14.2 Å². The first-order valence-electron chi connectivity index (χ1n) is 12.9. The SMILES string of the molecule is COC(=O)C1=C(C(=O)OC)[N+]2=C3N(C(=O)NC2(C)C)[C@H](CO)C[C@@]32c3ccccc3N(Cc3ccccc3)[C@@H]12. The molecule has 10 nitrogen and oxygen atoms in total. The molecule has 4 aliphatic heterocycles. The summed E-state index contributed by atoms with van der Waals surface area (Å²) in [6.45, 7) is 3.69. The van der Waals surface area contributed by atoms with Gasteiger partial charge in [-0.1, -0.05) is 48.5 Å². The van der Waals surface area contributed by atoms with Crippen LogP contribution >= 0.6 is 0 Å². The van der Waals surface area contributed by atoms with Crippen molar-refractivity contribution in [3.8, 4) is 0 Å². The molecule has 2 amide bonds. The number of methoxy groups -OCH3 is 2. The number of esters is 2. The van der Waals surface area contributed by atoms with E-state index in [2.05, 4.69) is 10.2 Å². The van der Waals surface area contributed by atoms with Crippen LogP contribution in [0.25, 0.3) is 0 Å². The Bertz CT molecular complexity index is 1470. The van der Waals surface area contributed by atoms with E-state index in [9.17, 15) is 19.5 Å². The molecule has 10 heteroatoms. The molecule has 0 bridgehead atoms. The van der Waals surface area contributed by atoms with E-state index in [4.69, 9.17) is 9.47 Å². The Morgan fingerprint density at radius 3 is 2.38 bits per heavy atom. The number of nitrogens with zero attached hydrogens (tertiary/aromatic N) is 3. The first kappa shape index (κ1) is 25.1. The normalized spacial score (nSPS) is 26.1. The molecule has 4 heterocycles. The number of hydrogen-bond acceptors (Lipinski definition) is 7. The second-order valence-corrected chi connectivity index (χ2v) is 10.8. The molecule has 2 aromatic carbocycles. The maximum atomic E-state index is 13.8. The number of aliphatic hydroxyl groups is 1. The molecule has 1 spiro atoms. The van der Waals surface area contributed by atoms with Crippen molar-refractivity contribution in [2.45, 2.75) is 50.0 Å². The first-order valence-corrected chi connectivity index (χ1v) is 12.9. The molecule has 39 heavy (non-hydrogen) atoms. The summed E-state index contributed by atoms with van der Waals surface area (Å²) in [5.74, 6) is -0.823. The highest BCUT2D eigenvalue weighted by atomic mass is 16.5. The number of fused-ring (bicyclic) bond motifs is 1. The van der Waals surface area contributed by atoms with E-state index >= 15 is 0 Å². The van der Waals surface area contributed by atoms with Crippen LogP contribution in [-0.4, -0.2) is 77.0 Å². The second kappa shape index (κ2) is 8.67. The van der Waals surface area contributed by atoms with Crippen molar-refractivity contribution < 1.29 is 33.5 Å². The van der Waals surface area contributed by atoms with Gasteiger partial charge in [0.25, 0.3) is 5.84 Å². The van der Waals surface area contributed by atoms with Gasteiger partial charge >= 0.3 is 18.0 Å². The molecule has 0 aromatic heterocycles. The third-order valence-corrected chi connectivity index (χ3v) is 8.37. The maximum Gasteiger partial charge on any atom is 0.412 e. The maximum absolute atomic E-state index is 13.8. The van der Waals surface area contributed by atoms with Crippen LogP contribution in [0.1, 0.15) is 31.4 Å². The van der Waals surface area contributed by atoms with Crippen molar-refractivity contribution >= 4 is 29.5 Å². The second-order valence-electron chi connectivity index (χ2n) is 10.8. The molecule has 0 aliphatic carbocycles. The Balaban J connectivity index is 1.75. The number of amides is 2. The van der Waals surface area contributed by atoms with Gasteiger partial charge in [0.1, 0.15) is 17.0 Å². The summed E-state index contributed by atoms with van der Waals surface area (Å²) < 4.78 is 12.3. The number of ether oxygens (including phenoxy) is 2. The smallest absolute Gasteiger partial charge is 0.412 e. The zero-order valence-corrected chi connectivity index (χ0v) is 22.3. The molecule has 3 atom stereocenters. The molecule has 202 valence electrons. The molecule has 1 fully saturated rings. The van der Waals surface area contributed by atoms with Crippen molar-refractivity contribution in [1.82, 2.24) is 10.2 Å². The Hall–Kier alpha value is -4.18. The first-order chi connectivity index (χ1) is 18.7. The molecular formula is C29H31N4O6+. The van der Waals surface area contributed by atoms with Gasteiger partial charge < -0.3 is 19.5 Å². The molecule has 0 unspecified atom stereocenters. The highest BCUT2D eigenvalue weighted by Gasteiger charge is 2.74. The fourth-order valence-electron chi connectivity index (χ4n) is 7.03. The van der Waals surface area contributed by atoms with E-state index in [-0.39, 0.29) is 23.9 Å². The minimum atomic E-state index is -1.10. The molecule has 0 saturated carbocycles. The van der Waals surface area contributed by atoms with Crippen LogP contribution in [0, 0.1) is 0 Å². The van der Waals surface area contributed by atoms with Crippen molar-refractivity contribution in [2.24, 2.45) is 0 Å². The lowest BCUT2D eigenvalue weighted by Crippen LogP contribution is -2.71. The van der Waals surface area contributed by atoms with E-state index in [0.29, 0.717) is 18.8 Å². The van der Waals surface area contributed by atoms with Gasteiger partial charge in [0.05, 0.1) is 26.9 Å². The zero-order valence-electron chi connectivity index (χ0n) is 22.3. The number of rotatable bonds is 5. The summed E-state index contributed by atoms with van der Waals surface area (Å²) in [4.78, 5) is 44.6. The monoisotopic (exact) mass is 531 g/mol. The van der Waals surface area contributed by atoms with Crippen molar-refractivity contribution in [3.05, 3.63) is 77.0 Å². The lowest BCUT2D eigenvalue weighted by molar-refractivity contribution is -0.570. The largest absolute Gasteiger partial charge is 0.465 e. The summed E-state index contributed by atoms with van der Waals surface area (Å²) >= 11 is 0. The lowest BCUT2D eigenvalue weighted by atomic mass is 9.68. The molecule has 6 rings (SSSR count). The standard InChI is InChI=1S/C29H30N4O6/c1-28(2)30-27(37)32-18(16-34)14-29-19-12-8-9-13-20(19)31(15-17-10-6-5-7-11-17)23(29)21(24(35)38-3)22(25(36)39-4)33(28)26(29)32/h5-13,18,23,34H,14-16H2,1-4H3/p+1/t18-,23-,29-/m0/s1. The van der Waals surface area contributed by atoms with Crippen molar-refractivity contribution in [1.29, 1.82) is 0 Å². The average Bonchev–Trinajstić information content (AvgIpc) is 3.42. The molecule has 2 aromatic rings. The van der Waals surface area contributed by atoms with Crippen molar-refractivity contribution in [3.63, 3.8) is 0 Å². The van der Waals surface area contributed by atoms with Gasteiger partial charge in [-0.3, -0.25) is 5.32 Å². The van der Waals surface area contributed by atoms with Crippen LogP contribution in [0.2, 0.25) is 0 Å². The minimum Gasteiger partial charge on any atom is -0.465 e. The van der Waals surface area contributed by atoms with E-state index in [1.54, 1.807) is 23.3 Å². The molecule has 1 saturated heterocycles. The summed E-state index contributed by atoms with van der Waals surface area (Å²) in [6, 6.07) is 16.1. The summed E-state index contributed by atoms with van der Waals surface area (Å²) in [5.41, 5.74) is 0.944. The highest BCUT2D eigenvalue weighted by Crippen LogP contribution is 2.58. The van der Waals surface area contributed by atoms with Crippen LogP contribution < -0.4 is 10.2 Å². The number of para-hydroxylation sites is 1. The Kier molecular flexibility index (Phi) is 5.58. The lowest BCUT2D eigenvalue weighted by Gasteiger charge is -2.44. The number of hydrogen-bond donors (Lipinski definition) is 2. The molecule has 0 radical (unpaired) electrons. The predicted molar refractivity (Wildman–Crippen MR) is 141 cm³/mol. The van der Waals surface area contributed by atoms with Gasteiger partial charge in [-0.25, -0.2) is 14.4 Å². The van der Waals surface area contributed by atoms with Gasteiger partial charge in [-0.15, -0.1) is 0 Å². The van der Waals surface area contributed by atoms with E-state index in [0.717, 1.165) is 16.8 Å². The number of anilines is 1. The van der Waals surface area contributed by atoms with E-state index < -0.39 is 35.1 Å². The topological polar surface area (TPSA) is 111 Å². The fraction of sp³-hybridized carbons (Fsp3) is 0.379. The van der Waals surface area contributed by atoms with Crippen LogP contribution in [0.3, 0.4) is 0 Å². The van der Waals surface area contributed by atoms with E-state index in [1.807, 2.05) is 54.6 Å². The third kappa shape index (κ3) is 3.24. The van der Waals surface area contributed by atoms with Crippen LogP contribution in [0.4, 0.5) is 10.5 Å². The molecule has 4 aliphatic rings. The summed E-state index contributed by atoms with van der Waals surface area (Å²) in [6.07, 6.45) is 0.348. The average molecular weight is 532 g/mol. The third-order valence-electron chi connectivity index (χ3n) is 8.37.